The van der Waals surface area contributed by atoms with Crippen molar-refractivity contribution in [3.63, 3.8) is 0 Å². The van der Waals surface area contributed by atoms with E-state index in [1.165, 1.54) is 18.4 Å². The van der Waals surface area contributed by atoms with Gasteiger partial charge in [0, 0.05) is 15.2 Å². The second-order valence-electron chi connectivity index (χ2n) is 7.68. The summed E-state index contributed by atoms with van der Waals surface area (Å²) in [6, 6.07) is 16.4. The summed E-state index contributed by atoms with van der Waals surface area (Å²) in [6.45, 7) is 4.35. The largest absolute Gasteiger partial charge is 0.0654 e. The molecule has 0 heteroatoms. The van der Waals surface area contributed by atoms with Crippen LogP contribution in [0.15, 0.2) is 48.5 Å². The molecular weight excluding hydrogens is 324 g/mol. The van der Waals surface area contributed by atoms with Gasteiger partial charge in [-0.05, 0) is 85.7 Å². The molecule has 0 amide bonds. The molecule has 0 aliphatic heterocycles. The zero-order chi connectivity index (χ0) is 21.6. The third kappa shape index (κ3) is 6.00. The molecule has 0 aromatic heterocycles. The van der Waals surface area contributed by atoms with E-state index in [4.69, 9.17) is 4.11 Å². The minimum absolute atomic E-state index is 0.335. The Balaban J connectivity index is 1.69. The Morgan fingerprint density at radius 2 is 1.56 bits per heavy atom. The smallest absolute Gasteiger partial charge is 0.0273 e. The SMILES string of the molecule is [2H]C1C[C@H](CCC)CC([2H])([2H])[C@H]1c1ccc(C#Cc2ccc(CCCC)cc2)cc1. The first-order valence-corrected chi connectivity index (χ1v) is 10.6. The van der Waals surface area contributed by atoms with Crippen LogP contribution < -0.4 is 0 Å². The monoisotopic (exact) mass is 361 g/mol. The Morgan fingerprint density at radius 3 is 2.15 bits per heavy atom. The van der Waals surface area contributed by atoms with Crippen molar-refractivity contribution in [2.24, 2.45) is 5.92 Å². The molecule has 3 atom stereocenters. The highest BCUT2D eigenvalue weighted by atomic mass is 14.3. The Morgan fingerprint density at radius 1 is 0.889 bits per heavy atom. The molecule has 0 spiro atoms. The van der Waals surface area contributed by atoms with Crippen LogP contribution in [0, 0.1) is 17.8 Å². The highest BCUT2D eigenvalue weighted by Gasteiger charge is 2.21. The van der Waals surface area contributed by atoms with Gasteiger partial charge in [0.05, 0.1) is 0 Å². The second kappa shape index (κ2) is 10.4. The van der Waals surface area contributed by atoms with Crippen molar-refractivity contribution in [1.82, 2.24) is 0 Å². The summed E-state index contributed by atoms with van der Waals surface area (Å²) in [5, 5.41) is 0. The summed E-state index contributed by atoms with van der Waals surface area (Å²) in [6.07, 6.45) is 5.30. The Hall–Kier alpha value is -2.00. The maximum Gasteiger partial charge on any atom is 0.0273 e. The molecule has 0 saturated heterocycles. The maximum absolute atomic E-state index is 8.59. The van der Waals surface area contributed by atoms with Crippen LogP contribution in [-0.4, -0.2) is 0 Å². The van der Waals surface area contributed by atoms with Crippen molar-refractivity contribution < 1.29 is 4.11 Å². The zero-order valence-corrected chi connectivity index (χ0v) is 16.8. The number of aryl methyl sites for hydroxylation is 1. The van der Waals surface area contributed by atoms with E-state index in [0.717, 1.165) is 42.4 Å². The molecule has 2 aromatic carbocycles. The van der Waals surface area contributed by atoms with Crippen molar-refractivity contribution in [2.45, 2.75) is 77.5 Å². The minimum Gasteiger partial charge on any atom is -0.0654 e. The van der Waals surface area contributed by atoms with Gasteiger partial charge in [0.25, 0.3) is 0 Å². The summed E-state index contributed by atoms with van der Waals surface area (Å²) in [5.41, 5.74) is 4.23. The third-order valence-corrected chi connectivity index (χ3v) is 5.42. The standard InChI is InChI=1S/C27H34/c1-3-5-7-23-8-10-24(11-9-23)12-13-25-16-20-27(21-17-25)26-18-14-22(6-4-2)15-19-26/h8-11,16-17,20-22,26H,3-7,14-15,18-19H2,1-2H3/t22-,26-/i18D,19D2/t18?,22-,26-/m0/s1. The highest BCUT2D eigenvalue weighted by molar-refractivity contribution is 5.44. The first-order valence-electron chi connectivity index (χ1n) is 12.1. The quantitative estimate of drug-likeness (QED) is 0.467. The summed E-state index contributed by atoms with van der Waals surface area (Å²) in [7, 11) is 0. The Kier molecular flexibility index (Phi) is 6.14. The normalized spacial score (nSPS) is 25.6. The number of hydrogen-bond acceptors (Lipinski definition) is 0. The Bertz CT molecular complexity index is 856. The van der Waals surface area contributed by atoms with Crippen LogP contribution in [0.3, 0.4) is 0 Å². The molecule has 1 fully saturated rings. The number of rotatable bonds is 6. The lowest BCUT2D eigenvalue weighted by Crippen LogP contribution is -2.13. The molecule has 0 radical (unpaired) electrons. The molecule has 1 saturated carbocycles. The Labute approximate surface area is 170 Å². The maximum atomic E-state index is 8.59. The predicted molar refractivity (Wildman–Crippen MR) is 117 cm³/mol. The van der Waals surface area contributed by atoms with Crippen LogP contribution in [0.5, 0.6) is 0 Å². The number of benzene rings is 2. The lowest BCUT2D eigenvalue weighted by Gasteiger charge is -2.28. The van der Waals surface area contributed by atoms with Crippen LogP contribution in [0.2, 0.25) is 0 Å². The van der Waals surface area contributed by atoms with Crippen molar-refractivity contribution in [3.8, 4) is 11.8 Å². The molecule has 1 aliphatic rings. The van der Waals surface area contributed by atoms with Crippen LogP contribution in [0.4, 0.5) is 0 Å². The zero-order valence-electron chi connectivity index (χ0n) is 19.8. The minimum atomic E-state index is -1.32. The predicted octanol–water partition coefficient (Wildman–Crippen LogP) is 7.50. The van der Waals surface area contributed by atoms with Crippen molar-refractivity contribution in [1.29, 1.82) is 0 Å². The molecule has 3 rings (SSSR count). The van der Waals surface area contributed by atoms with E-state index in [9.17, 15) is 0 Å². The lowest BCUT2D eigenvalue weighted by molar-refractivity contribution is 0.308. The van der Waals surface area contributed by atoms with Gasteiger partial charge in [-0.15, -0.1) is 0 Å². The van der Waals surface area contributed by atoms with E-state index in [1.54, 1.807) is 0 Å². The van der Waals surface area contributed by atoms with E-state index in [0.29, 0.717) is 12.3 Å². The fraction of sp³-hybridized carbons (Fsp3) is 0.481. The molecule has 0 N–H and O–H groups in total. The summed E-state index contributed by atoms with van der Waals surface area (Å²) < 4.78 is 25.7. The fourth-order valence-corrected chi connectivity index (χ4v) is 3.72. The molecule has 2 aromatic rings. The summed E-state index contributed by atoms with van der Waals surface area (Å²) in [5.74, 6) is 6.42. The van der Waals surface area contributed by atoms with Crippen LogP contribution >= 0.6 is 0 Å². The molecule has 27 heavy (non-hydrogen) atoms. The van der Waals surface area contributed by atoms with E-state index >= 15 is 0 Å². The van der Waals surface area contributed by atoms with Gasteiger partial charge in [0.1, 0.15) is 0 Å². The molecule has 1 unspecified atom stereocenters. The number of hydrogen-bond donors (Lipinski definition) is 0. The van der Waals surface area contributed by atoms with Gasteiger partial charge >= 0.3 is 0 Å². The molecule has 1 aliphatic carbocycles. The van der Waals surface area contributed by atoms with Gasteiger partial charge < -0.3 is 0 Å². The van der Waals surface area contributed by atoms with Gasteiger partial charge in [0.15, 0.2) is 0 Å². The van der Waals surface area contributed by atoms with E-state index in [1.807, 2.05) is 24.3 Å². The fourth-order valence-electron chi connectivity index (χ4n) is 3.72. The summed E-state index contributed by atoms with van der Waals surface area (Å²) >= 11 is 0. The van der Waals surface area contributed by atoms with Crippen molar-refractivity contribution in [2.75, 3.05) is 0 Å². The van der Waals surface area contributed by atoms with Gasteiger partial charge in [-0.1, -0.05) is 69.2 Å². The van der Waals surface area contributed by atoms with Gasteiger partial charge in [0.2, 0.25) is 0 Å². The average molecular weight is 362 g/mol. The molecule has 0 heterocycles. The van der Waals surface area contributed by atoms with Crippen LogP contribution in [0.25, 0.3) is 0 Å². The second-order valence-corrected chi connectivity index (χ2v) is 7.68. The number of unbranched alkanes of at least 4 members (excludes halogenated alkanes) is 1. The van der Waals surface area contributed by atoms with Crippen LogP contribution in [0.1, 0.15) is 97.4 Å². The molecular formula is C27H34. The first-order chi connectivity index (χ1) is 14.4. The first kappa shape index (κ1) is 16.0. The van der Waals surface area contributed by atoms with Gasteiger partial charge in [-0.2, -0.15) is 0 Å². The average Bonchev–Trinajstić information content (AvgIpc) is 2.71. The van der Waals surface area contributed by atoms with Crippen LogP contribution in [-0.2, 0) is 6.42 Å². The van der Waals surface area contributed by atoms with Gasteiger partial charge in [-0.3, -0.25) is 0 Å². The lowest BCUT2D eigenvalue weighted by atomic mass is 9.77. The van der Waals surface area contributed by atoms with Gasteiger partial charge in [-0.25, -0.2) is 0 Å². The van der Waals surface area contributed by atoms with E-state index < -0.39 is 6.37 Å². The highest BCUT2D eigenvalue weighted by Crippen LogP contribution is 2.37. The molecule has 0 bridgehead atoms. The molecule has 142 valence electrons. The summed E-state index contributed by atoms with van der Waals surface area (Å²) in [4.78, 5) is 0. The van der Waals surface area contributed by atoms with E-state index in [2.05, 4.69) is 50.0 Å². The molecule has 0 nitrogen and oxygen atoms in total. The van der Waals surface area contributed by atoms with Crippen molar-refractivity contribution in [3.05, 3.63) is 70.8 Å². The van der Waals surface area contributed by atoms with Crippen molar-refractivity contribution >= 4 is 0 Å². The topological polar surface area (TPSA) is 0 Å². The third-order valence-electron chi connectivity index (χ3n) is 5.42. The van der Waals surface area contributed by atoms with E-state index in [-0.39, 0.29) is 12.3 Å².